The third-order valence-electron chi connectivity index (χ3n) is 7.78. The van der Waals surface area contributed by atoms with E-state index in [1.165, 1.54) is 17.9 Å². The number of hydrogen-bond donors (Lipinski definition) is 8. The number of carbonyl (C=O) groups is 5. The standard InChI is InChI=1S/C28H43N7O8/c1-4-15(3)21(22(38)28(31,5-2)26(42)43)34-24(40)19-9-7-13-35(19)25(41)18(8-6-12-32-27(29)30)33-23(39)17-14-16(36)10-11-20(17)37/h10-11,14-15,18-19,21,36-37H,4-9,12-13,31H2,1-3H3,(H,33,39)(H,34,40)(H,42,43)(H4,29,30,32). The molecule has 1 aliphatic heterocycles. The lowest BCUT2D eigenvalue weighted by Gasteiger charge is -2.33. The van der Waals surface area contributed by atoms with Crippen molar-refractivity contribution in [3.8, 4) is 11.5 Å². The quantitative estimate of drug-likeness (QED) is 0.0416. The number of nitrogens with two attached hydrogens (primary N) is 3. The number of nitrogens with one attached hydrogen (secondary N) is 2. The summed E-state index contributed by atoms with van der Waals surface area (Å²) >= 11 is 0. The molecule has 5 unspecified atom stereocenters. The van der Waals surface area contributed by atoms with Gasteiger partial charge in [-0.05, 0) is 56.2 Å². The molecule has 1 aromatic rings. The van der Waals surface area contributed by atoms with Gasteiger partial charge in [0.2, 0.25) is 11.8 Å². The van der Waals surface area contributed by atoms with Crippen LogP contribution in [0.1, 0.15) is 69.7 Å². The number of phenolic OH excluding ortho intramolecular Hbond substituents is 2. The number of benzene rings is 1. The molecule has 15 heteroatoms. The zero-order valence-corrected chi connectivity index (χ0v) is 24.7. The number of amides is 3. The first-order valence-corrected chi connectivity index (χ1v) is 14.2. The van der Waals surface area contributed by atoms with Crippen LogP contribution in [0.5, 0.6) is 11.5 Å². The Morgan fingerprint density at radius 1 is 1.14 bits per heavy atom. The number of carboxylic acid groups (broad SMARTS) is 1. The minimum Gasteiger partial charge on any atom is -0.508 e. The van der Waals surface area contributed by atoms with E-state index in [9.17, 15) is 39.3 Å². The fraction of sp³-hybridized carbons (Fsp3) is 0.571. The summed E-state index contributed by atoms with van der Waals surface area (Å²) in [6, 6.07) is 0.00772. The highest BCUT2D eigenvalue weighted by Crippen LogP contribution is 2.25. The number of phenols is 2. The maximum Gasteiger partial charge on any atom is 0.331 e. The summed E-state index contributed by atoms with van der Waals surface area (Å²) in [5.41, 5.74) is 14.2. The van der Waals surface area contributed by atoms with Gasteiger partial charge in [-0.15, -0.1) is 0 Å². The van der Waals surface area contributed by atoms with Crippen molar-refractivity contribution in [1.82, 2.24) is 15.5 Å². The topological polar surface area (TPSA) is 264 Å². The highest BCUT2D eigenvalue weighted by Gasteiger charge is 2.47. The van der Waals surface area contributed by atoms with Crippen LogP contribution < -0.4 is 27.8 Å². The Bertz CT molecular complexity index is 1240. The normalized spacial score (nSPS) is 18.0. The van der Waals surface area contributed by atoms with Crippen LogP contribution in [0.25, 0.3) is 0 Å². The summed E-state index contributed by atoms with van der Waals surface area (Å²) in [6.45, 7) is 5.28. The number of aliphatic imine (C=N–C) groups is 1. The Balaban J connectivity index is 2.32. The first-order valence-electron chi connectivity index (χ1n) is 14.2. The van der Waals surface area contributed by atoms with Crippen molar-refractivity contribution in [3.05, 3.63) is 23.8 Å². The van der Waals surface area contributed by atoms with E-state index in [0.717, 1.165) is 12.1 Å². The Morgan fingerprint density at radius 3 is 2.40 bits per heavy atom. The van der Waals surface area contributed by atoms with Gasteiger partial charge in [0, 0.05) is 13.1 Å². The van der Waals surface area contributed by atoms with Gasteiger partial charge >= 0.3 is 5.97 Å². The number of carboxylic acids is 1. The molecule has 11 N–H and O–H groups in total. The Morgan fingerprint density at radius 2 is 1.81 bits per heavy atom. The number of nitrogens with zero attached hydrogens (tertiary/aromatic N) is 2. The largest absolute Gasteiger partial charge is 0.508 e. The van der Waals surface area contributed by atoms with Crippen LogP contribution in [0.15, 0.2) is 23.2 Å². The van der Waals surface area contributed by atoms with Gasteiger partial charge in [-0.1, -0.05) is 27.2 Å². The lowest BCUT2D eigenvalue weighted by Crippen LogP contribution is -2.64. The molecular formula is C28H43N7O8. The summed E-state index contributed by atoms with van der Waals surface area (Å²) < 4.78 is 0. The van der Waals surface area contributed by atoms with Gasteiger partial charge < -0.3 is 48.1 Å². The lowest BCUT2D eigenvalue weighted by atomic mass is 9.82. The molecule has 0 bridgehead atoms. The Hall–Kier alpha value is -4.40. The lowest BCUT2D eigenvalue weighted by molar-refractivity contribution is -0.150. The van der Waals surface area contributed by atoms with Crippen molar-refractivity contribution < 1.29 is 39.3 Å². The predicted octanol–water partition coefficient (Wildman–Crippen LogP) is -0.467. The molecule has 43 heavy (non-hydrogen) atoms. The summed E-state index contributed by atoms with van der Waals surface area (Å²) in [5, 5.41) is 34.8. The zero-order valence-electron chi connectivity index (χ0n) is 24.7. The smallest absolute Gasteiger partial charge is 0.331 e. The second-order valence-corrected chi connectivity index (χ2v) is 10.7. The van der Waals surface area contributed by atoms with E-state index < -0.39 is 64.8 Å². The molecule has 238 valence electrons. The molecule has 1 aliphatic rings. The van der Waals surface area contributed by atoms with Crippen molar-refractivity contribution in [2.75, 3.05) is 13.1 Å². The van der Waals surface area contributed by atoms with Crippen LogP contribution in [-0.4, -0.2) is 92.4 Å². The number of aliphatic carboxylic acids is 1. The summed E-state index contributed by atoms with van der Waals surface area (Å²) in [6.07, 6.45) is 1.33. The molecule has 5 atom stereocenters. The van der Waals surface area contributed by atoms with E-state index in [1.807, 2.05) is 0 Å². The molecule has 1 fully saturated rings. The molecule has 15 nitrogen and oxygen atoms in total. The van der Waals surface area contributed by atoms with Gasteiger partial charge in [-0.3, -0.25) is 24.2 Å². The van der Waals surface area contributed by atoms with Crippen molar-refractivity contribution in [2.24, 2.45) is 28.1 Å². The predicted molar refractivity (Wildman–Crippen MR) is 157 cm³/mol. The number of likely N-dealkylation sites (tertiary alicyclic amines) is 1. The first-order chi connectivity index (χ1) is 20.2. The second kappa shape index (κ2) is 15.2. The van der Waals surface area contributed by atoms with Gasteiger partial charge in [0.05, 0.1) is 11.6 Å². The second-order valence-electron chi connectivity index (χ2n) is 10.7. The van der Waals surface area contributed by atoms with Crippen LogP contribution in [0.2, 0.25) is 0 Å². The molecule has 0 spiro atoms. The summed E-state index contributed by atoms with van der Waals surface area (Å²) in [4.78, 5) is 70.6. The zero-order chi connectivity index (χ0) is 32.5. The number of rotatable bonds is 15. The van der Waals surface area contributed by atoms with Gasteiger partial charge in [-0.2, -0.15) is 0 Å². The Labute approximate surface area is 249 Å². The van der Waals surface area contributed by atoms with Gasteiger partial charge in [0.1, 0.15) is 23.6 Å². The maximum absolute atomic E-state index is 13.8. The SMILES string of the molecule is CCC(C)C(NC(=O)C1CCCN1C(=O)C(CCCN=C(N)N)NC(=O)c1cc(O)ccc1O)C(=O)C(N)(CC)C(=O)O. The Kier molecular flexibility index (Phi) is 12.3. The molecule has 1 heterocycles. The number of Topliss-reactive ketones (excluding diaryl/α,β-unsaturated/α-hetero) is 1. The summed E-state index contributed by atoms with van der Waals surface area (Å²) in [7, 11) is 0. The summed E-state index contributed by atoms with van der Waals surface area (Å²) in [5.74, 6) is -5.69. The van der Waals surface area contributed by atoms with Gasteiger partial charge in [-0.25, -0.2) is 4.79 Å². The van der Waals surface area contributed by atoms with Crippen molar-refractivity contribution in [1.29, 1.82) is 0 Å². The molecule has 3 amide bonds. The van der Waals surface area contributed by atoms with E-state index in [2.05, 4.69) is 15.6 Å². The van der Waals surface area contributed by atoms with Crippen molar-refractivity contribution >= 4 is 35.4 Å². The molecule has 0 aliphatic carbocycles. The van der Waals surface area contributed by atoms with Crippen LogP contribution in [0.4, 0.5) is 0 Å². The third kappa shape index (κ3) is 8.56. The minimum atomic E-state index is -2.20. The average Bonchev–Trinajstić information content (AvgIpc) is 3.46. The maximum atomic E-state index is 13.8. The monoisotopic (exact) mass is 605 g/mol. The van der Waals surface area contributed by atoms with Crippen LogP contribution in [-0.2, 0) is 19.2 Å². The fourth-order valence-electron chi connectivity index (χ4n) is 4.87. The number of aromatic hydroxyl groups is 2. The molecule has 0 radical (unpaired) electrons. The molecule has 0 aromatic heterocycles. The van der Waals surface area contributed by atoms with Gasteiger partial charge in [0.15, 0.2) is 17.3 Å². The van der Waals surface area contributed by atoms with E-state index in [4.69, 9.17) is 17.2 Å². The molecule has 2 rings (SSSR count). The molecule has 1 aromatic carbocycles. The van der Waals surface area contributed by atoms with E-state index in [-0.39, 0.29) is 56.0 Å². The minimum absolute atomic E-state index is 0.0740. The van der Waals surface area contributed by atoms with Crippen LogP contribution in [0, 0.1) is 5.92 Å². The number of guanidine groups is 1. The average molecular weight is 606 g/mol. The van der Waals surface area contributed by atoms with E-state index in [1.54, 1.807) is 13.8 Å². The van der Waals surface area contributed by atoms with Crippen LogP contribution >= 0.6 is 0 Å². The van der Waals surface area contributed by atoms with Crippen molar-refractivity contribution in [2.45, 2.75) is 83.0 Å². The number of ketones is 1. The first kappa shape index (κ1) is 34.8. The van der Waals surface area contributed by atoms with Crippen LogP contribution in [0.3, 0.4) is 0 Å². The number of carbonyl (C=O) groups excluding carboxylic acids is 4. The van der Waals surface area contributed by atoms with Crippen molar-refractivity contribution in [3.63, 3.8) is 0 Å². The highest BCUT2D eigenvalue weighted by atomic mass is 16.4. The van der Waals surface area contributed by atoms with E-state index in [0.29, 0.717) is 12.8 Å². The highest BCUT2D eigenvalue weighted by molar-refractivity contribution is 6.11. The molecular weight excluding hydrogens is 562 g/mol. The molecule has 0 saturated carbocycles. The fourth-order valence-corrected chi connectivity index (χ4v) is 4.87. The number of hydrogen-bond acceptors (Lipinski definition) is 9. The third-order valence-corrected chi connectivity index (χ3v) is 7.78. The van der Waals surface area contributed by atoms with E-state index >= 15 is 0 Å². The van der Waals surface area contributed by atoms with Gasteiger partial charge in [0.25, 0.3) is 5.91 Å². The molecule has 1 saturated heterocycles.